The summed E-state index contributed by atoms with van der Waals surface area (Å²) in [5.41, 5.74) is 4.60. The van der Waals surface area contributed by atoms with Crippen molar-refractivity contribution in [1.82, 2.24) is 24.8 Å². The van der Waals surface area contributed by atoms with Crippen LogP contribution in [0, 0.1) is 0 Å². The number of sulfonamides is 1. The molecule has 3 heterocycles. The van der Waals surface area contributed by atoms with Crippen molar-refractivity contribution in [2.24, 2.45) is 0 Å². The van der Waals surface area contributed by atoms with E-state index in [2.05, 4.69) is 25.6 Å². The van der Waals surface area contributed by atoms with Gasteiger partial charge in [0, 0.05) is 23.7 Å². The second kappa shape index (κ2) is 7.10. The second-order valence-electron chi connectivity index (χ2n) is 7.18. The van der Waals surface area contributed by atoms with Crippen molar-refractivity contribution in [3.63, 3.8) is 0 Å². The number of fused-ring (bicyclic) bond motifs is 2. The fourth-order valence-electron chi connectivity index (χ4n) is 3.45. The Balaban J connectivity index is 1.57. The Kier molecular flexibility index (Phi) is 4.36. The number of H-pyrrole nitrogens is 1. The van der Waals surface area contributed by atoms with Gasteiger partial charge in [-0.25, -0.2) is 17.9 Å². The molecule has 0 radical (unpaired) electrons. The summed E-state index contributed by atoms with van der Waals surface area (Å²) in [4.78, 5) is 4.40. The second-order valence-corrected chi connectivity index (χ2v) is 9.20. The van der Waals surface area contributed by atoms with Gasteiger partial charge < -0.3 is 5.32 Å². The van der Waals surface area contributed by atoms with Gasteiger partial charge in [-0.3, -0.25) is 9.40 Å². The van der Waals surface area contributed by atoms with Crippen LogP contribution in [-0.4, -0.2) is 46.5 Å². The normalized spacial score (nSPS) is 11.8. The molecule has 0 bridgehead atoms. The first-order valence-electron chi connectivity index (χ1n) is 9.48. The van der Waals surface area contributed by atoms with Gasteiger partial charge in [0.1, 0.15) is 0 Å². The minimum Gasteiger partial charge on any atom is -0.323 e. The van der Waals surface area contributed by atoms with E-state index >= 15 is 0 Å². The minimum absolute atomic E-state index is 0.415. The van der Waals surface area contributed by atoms with Crippen LogP contribution in [0.4, 0.5) is 17.3 Å². The molecular formula is C21H19N7O2S. The van der Waals surface area contributed by atoms with Crippen LogP contribution in [0.15, 0.2) is 67.0 Å². The highest BCUT2D eigenvalue weighted by atomic mass is 32.2. The molecule has 0 spiro atoms. The quantitative estimate of drug-likeness (QED) is 0.440. The maximum Gasteiger partial charge on any atom is 0.245 e. The fourth-order valence-corrected chi connectivity index (χ4v) is 3.97. The average Bonchev–Trinajstić information content (AvgIpc) is 3.38. The summed E-state index contributed by atoms with van der Waals surface area (Å²) in [5.74, 6) is 0.415. The van der Waals surface area contributed by atoms with Crippen LogP contribution in [0.2, 0.25) is 0 Å². The molecule has 0 aliphatic rings. The minimum atomic E-state index is -3.41. The zero-order chi connectivity index (χ0) is 21.6. The van der Waals surface area contributed by atoms with E-state index in [1.165, 1.54) is 17.6 Å². The Morgan fingerprint density at radius 2 is 1.90 bits per heavy atom. The number of aromatic amines is 1. The van der Waals surface area contributed by atoms with E-state index in [-0.39, 0.29) is 0 Å². The summed E-state index contributed by atoms with van der Waals surface area (Å²) in [7, 11) is -1.87. The lowest BCUT2D eigenvalue weighted by molar-refractivity contribution is 0.600. The molecule has 0 amide bonds. The topological polar surface area (TPSA) is 108 Å². The molecule has 156 valence electrons. The lowest BCUT2D eigenvalue weighted by Gasteiger charge is -2.20. The molecule has 0 aliphatic carbocycles. The molecule has 9 nitrogen and oxygen atoms in total. The molecule has 5 aromatic rings. The molecule has 3 aromatic heterocycles. The first kappa shape index (κ1) is 19.1. The molecule has 0 aliphatic heterocycles. The largest absolute Gasteiger partial charge is 0.323 e. The number of para-hydroxylation sites is 1. The van der Waals surface area contributed by atoms with Crippen molar-refractivity contribution in [3.05, 3.63) is 67.0 Å². The molecule has 2 aromatic carbocycles. The number of rotatable bonds is 5. The van der Waals surface area contributed by atoms with Crippen molar-refractivity contribution in [2.75, 3.05) is 22.9 Å². The van der Waals surface area contributed by atoms with Gasteiger partial charge in [-0.2, -0.15) is 5.10 Å². The Labute approximate surface area is 178 Å². The standard InChI is InChI=1S/C21H19N7O2S/c1-27(31(2,29)30)19-6-4-3-5-17(19)20-10-9-16-13-22-21(26-28(16)20)24-15-8-7-14-12-23-25-18(14)11-15/h3-13H,1-2H3,(H,23,25)(H,24,26). The molecule has 2 N–H and O–H groups in total. The maximum atomic E-state index is 12.1. The predicted octanol–water partition coefficient (Wildman–Crippen LogP) is 3.41. The molecule has 0 fully saturated rings. The smallest absolute Gasteiger partial charge is 0.245 e. The highest BCUT2D eigenvalue weighted by molar-refractivity contribution is 7.92. The Bertz CT molecular complexity index is 1520. The van der Waals surface area contributed by atoms with Crippen LogP contribution < -0.4 is 9.62 Å². The Morgan fingerprint density at radius 3 is 2.74 bits per heavy atom. The molecule has 0 saturated carbocycles. The van der Waals surface area contributed by atoms with Gasteiger partial charge in [-0.05, 0) is 36.4 Å². The molecule has 0 saturated heterocycles. The zero-order valence-corrected chi connectivity index (χ0v) is 17.6. The summed E-state index contributed by atoms with van der Waals surface area (Å²) in [6, 6.07) is 16.9. The third kappa shape index (κ3) is 3.46. The number of hydrogen-bond donors (Lipinski definition) is 2. The first-order valence-corrected chi connectivity index (χ1v) is 11.3. The monoisotopic (exact) mass is 433 g/mol. The van der Waals surface area contributed by atoms with Gasteiger partial charge in [0.05, 0.1) is 41.1 Å². The van der Waals surface area contributed by atoms with Gasteiger partial charge in [0.15, 0.2) is 0 Å². The molecule has 10 heteroatoms. The van der Waals surface area contributed by atoms with E-state index in [9.17, 15) is 8.42 Å². The lowest BCUT2D eigenvalue weighted by atomic mass is 10.1. The number of nitrogens with one attached hydrogen (secondary N) is 2. The van der Waals surface area contributed by atoms with Crippen LogP contribution in [0.25, 0.3) is 27.7 Å². The molecule has 0 unspecified atom stereocenters. The molecule has 5 rings (SSSR count). The maximum absolute atomic E-state index is 12.1. The van der Waals surface area contributed by atoms with E-state index in [1.54, 1.807) is 23.0 Å². The summed E-state index contributed by atoms with van der Waals surface area (Å²) in [5, 5.41) is 15.8. The van der Waals surface area contributed by atoms with Gasteiger partial charge in [-0.1, -0.05) is 18.2 Å². The Morgan fingerprint density at radius 1 is 1.06 bits per heavy atom. The third-order valence-electron chi connectivity index (χ3n) is 5.11. The van der Waals surface area contributed by atoms with Gasteiger partial charge in [0.2, 0.25) is 16.0 Å². The molecule has 0 atom stereocenters. The fraction of sp³-hybridized carbons (Fsp3) is 0.0952. The number of aromatic nitrogens is 5. The van der Waals surface area contributed by atoms with Gasteiger partial charge >= 0.3 is 0 Å². The van der Waals surface area contributed by atoms with Crippen molar-refractivity contribution < 1.29 is 8.42 Å². The van der Waals surface area contributed by atoms with Gasteiger partial charge in [0.25, 0.3) is 0 Å². The molecular weight excluding hydrogens is 414 g/mol. The van der Waals surface area contributed by atoms with Crippen LogP contribution in [0.1, 0.15) is 0 Å². The number of anilines is 3. The number of benzene rings is 2. The van der Waals surface area contributed by atoms with E-state index < -0.39 is 10.0 Å². The van der Waals surface area contributed by atoms with Crippen molar-refractivity contribution in [3.8, 4) is 11.3 Å². The van der Waals surface area contributed by atoms with Crippen LogP contribution >= 0.6 is 0 Å². The van der Waals surface area contributed by atoms with E-state index in [4.69, 9.17) is 0 Å². The van der Waals surface area contributed by atoms with Crippen LogP contribution in [0.5, 0.6) is 0 Å². The van der Waals surface area contributed by atoms with Crippen LogP contribution in [0.3, 0.4) is 0 Å². The summed E-state index contributed by atoms with van der Waals surface area (Å²) < 4.78 is 27.3. The van der Waals surface area contributed by atoms with Crippen LogP contribution in [-0.2, 0) is 10.0 Å². The Hall–Kier alpha value is -3.92. The van der Waals surface area contributed by atoms with E-state index in [1.807, 2.05) is 48.5 Å². The number of nitrogens with zero attached hydrogens (tertiary/aromatic N) is 5. The van der Waals surface area contributed by atoms with E-state index in [0.717, 1.165) is 33.4 Å². The molecule has 31 heavy (non-hydrogen) atoms. The van der Waals surface area contributed by atoms with Crippen molar-refractivity contribution in [1.29, 1.82) is 0 Å². The summed E-state index contributed by atoms with van der Waals surface area (Å²) >= 11 is 0. The first-order chi connectivity index (χ1) is 14.9. The SMILES string of the molecule is CN(c1ccccc1-c1ccc2cnc(Nc3ccc4cn[nH]c4c3)nn12)S(C)(=O)=O. The highest BCUT2D eigenvalue weighted by Crippen LogP contribution is 2.32. The van der Waals surface area contributed by atoms with E-state index in [0.29, 0.717) is 11.6 Å². The lowest BCUT2D eigenvalue weighted by Crippen LogP contribution is -2.25. The average molecular weight is 433 g/mol. The van der Waals surface area contributed by atoms with Crippen molar-refractivity contribution in [2.45, 2.75) is 0 Å². The zero-order valence-electron chi connectivity index (χ0n) is 16.8. The third-order valence-corrected chi connectivity index (χ3v) is 6.30. The summed E-state index contributed by atoms with van der Waals surface area (Å²) in [6.45, 7) is 0. The highest BCUT2D eigenvalue weighted by Gasteiger charge is 2.18. The predicted molar refractivity (Wildman–Crippen MR) is 121 cm³/mol. The summed E-state index contributed by atoms with van der Waals surface area (Å²) in [6.07, 6.45) is 4.66. The number of hydrogen-bond acceptors (Lipinski definition) is 6. The van der Waals surface area contributed by atoms with Gasteiger partial charge in [-0.15, -0.1) is 5.10 Å². The van der Waals surface area contributed by atoms with Crippen molar-refractivity contribution >= 4 is 43.8 Å².